The molecule has 1 saturated heterocycles. The number of hydrogen-bond acceptors (Lipinski definition) is 5. The molecule has 0 spiro atoms. The van der Waals surface area contributed by atoms with Gasteiger partial charge in [-0.15, -0.1) is 5.10 Å². The van der Waals surface area contributed by atoms with Crippen LogP contribution in [-0.2, 0) is 6.54 Å². The van der Waals surface area contributed by atoms with Gasteiger partial charge in [-0.2, -0.15) is 0 Å². The van der Waals surface area contributed by atoms with Crippen molar-refractivity contribution in [3.63, 3.8) is 0 Å². The maximum Gasteiger partial charge on any atom is 0.128 e. The standard InChI is InChI=1S/C14H20N6/c1-11-4-6-19(7-5-11)14-3-2-13(9-16-14)20-10-12(8-15)17-18-20/h2-3,9-11H,4-8,15H2,1H3. The molecule has 2 aromatic rings. The SMILES string of the molecule is CC1CCN(c2ccc(-n3cc(CN)nn3)cn2)CC1. The third-order valence-electron chi connectivity index (χ3n) is 3.85. The van der Waals surface area contributed by atoms with Gasteiger partial charge in [-0.3, -0.25) is 0 Å². The Bertz CT molecular complexity index is 553. The first-order valence-electron chi connectivity index (χ1n) is 7.09. The highest BCUT2D eigenvalue weighted by molar-refractivity contribution is 5.43. The number of nitrogens with two attached hydrogens (primary N) is 1. The predicted molar refractivity (Wildman–Crippen MR) is 77.7 cm³/mol. The van der Waals surface area contributed by atoms with E-state index in [-0.39, 0.29) is 0 Å². The van der Waals surface area contributed by atoms with Crippen molar-refractivity contribution in [2.45, 2.75) is 26.3 Å². The fourth-order valence-electron chi connectivity index (χ4n) is 2.46. The van der Waals surface area contributed by atoms with Crippen molar-refractivity contribution < 1.29 is 0 Å². The first-order chi connectivity index (χ1) is 9.76. The van der Waals surface area contributed by atoms with Gasteiger partial charge in [0.1, 0.15) is 5.82 Å². The summed E-state index contributed by atoms with van der Waals surface area (Å²) in [5.41, 5.74) is 7.22. The molecule has 0 amide bonds. The van der Waals surface area contributed by atoms with Gasteiger partial charge in [0.15, 0.2) is 0 Å². The van der Waals surface area contributed by atoms with Crippen LogP contribution in [0.4, 0.5) is 5.82 Å². The summed E-state index contributed by atoms with van der Waals surface area (Å²) in [6, 6.07) is 4.07. The molecule has 3 heterocycles. The van der Waals surface area contributed by atoms with Crippen LogP contribution in [0.5, 0.6) is 0 Å². The van der Waals surface area contributed by atoms with Crippen molar-refractivity contribution in [1.82, 2.24) is 20.0 Å². The van der Waals surface area contributed by atoms with Crippen LogP contribution in [0.3, 0.4) is 0 Å². The Morgan fingerprint density at radius 2 is 2.10 bits per heavy atom. The monoisotopic (exact) mass is 272 g/mol. The highest BCUT2D eigenvalue weighted by atomic mass is 15.4. The van der Waals surface area contributed by atoms with Gasteiger partial charge in [0.25, 0.3) is 0 Å². The largest absolute Gasteiger partial charge is 0.357 e. The molecule has 0 saturated carbocycles. The molecular formula is C14H20N6. The Balaban J connectivity index is 1.74. The highest BCUT2D eigenvalue weighted by Crippen LogP contribution is 2.21. The van der Waals surface area contributed by atoms with E-state index < -0.39 is 0 Å². The Hall–Kier alpha value is -1.95. The van der Waals surface area contributed by atoms with Gasteiger partial charge in [0, 0.05) is 19.6 Å². The van der Waals surface area contributed by atoms with Gasteiger partial charge in [-0.05, 0) is 30.9 Å². The summed E-state index contributed by atoms with van der Waals surface area (Å²) in [6.07, 6.45) is 6.15. The molecule has 20 heavy (non-hydrogen) atoms. The van der Waals surface area contributed by atoms with Crippen LogP contribution in [0.15, 0.2) is 24.5 Å². The van der Waals surface area contributed by atoms with Crippen LogP contribution in [0.2, 0.25) is 0 Å². The third-order valence-corrected chi connectivity index (χ3v) is 3.85. The molecule has 1 fully saturated rings. The maximum atomic E-state index is 5.54. The van der Waals surface area contributed by atoms with E-state index in [4.69, 9.17) is 5.73 Å². The minimum atomic E-state index is 0.400. The molecule has 0 aromatic carbocycles. The van der Waals surface area contributed by atoms with Crippen molar-refractivity contribution in [2.75, 3.05) is 18.0 Å². The van der Waals surface area contributed by atoms with Crippen molar-refractivity contribution in [3.8, 4) is 5.69 Å². The van der Waals surface area contributed by atoms with Crippen LogP contribution in [0.25, 0.3) is 5.69 Å². The predicted octanol–water partition coefficient (Wildman–Crippen LogP) is 1.36. The molecule has 106 valence electrons. The number of hydrogen-bond donors (Lipinski definition) is 1. The number of rotatable bonds is 3. The van der Waals surface area contributed by atoms with E-state index in [1.165, 1.54) is 12.8 Å². The minimum Gasteiger partial charge on any atom is -0.357 e. The first kappa shape index (κ1) is 13.1. The second-order valence-electron chi connectivity index (χ2n) is 5.40. The summed E-state index contributed by atoms with van der Waals surface area (Å²) in [4.78, 5) is 6.89. The van der Waals surface area contributed by atoms with E-state index in [2.05, 4.69) is 33.2 Å². The summed E-state index contributed by atoms with van der Waals surface area (Å²) in [6.45, 7) is 4.90. The molecule has 2 aromatic heterocycles. The van der Waals surface area contributed by atoms with E-state index in [0.29, 0.717) is 6.54 Å². The van der Waals surface area contributed by atoms with Crippen LogP contribution < -0.4 is 10.6 Å². The number of anilines is 1. The average Bonchev–Trinajstić information content (AvgIpc) is 2.97. The van der Waals surface area contributed by atoms with Gasteiger partial charge in [-0.1, -0.05) is 12.1 Å². The summed E-state index contributed by atoms with van der Waals surface area (Å²) in [5, 5.41) is 8.02. The summed E-state index contributed by atoms with van der Waals surface area (Å²) in [7, 11) is 0. The van der Waals surface area contributed by atoms with Crippen LogP contribution in [-0.4, -0.2) is 33.1 Å². The van der Waals surface area contributed by atoms with Crippen molar-refractivity contribution in [3.05, 3.63) is 30.2 Å². The number of nitrogens with zero attached hydrogens (tertiary/aromatic N) is 5. The maximum absolute atomic E-state index is 5.54. The smallest absolute Gasteiger partial charge is 0.128 e. The zero-order valence-electron chi connectivity index (χ0n) is 11.7. The number of aromatic nitrogens is 4. The molecule has 0 unspecified atom stereocenters. The molecule has 0 radical (unpaired) electrons. The van der Waals surface area contributed by atoms with E-state index in [9.17, 15) is 0 Å². The topological polar surface area (TPSA) is 72.9 Å². The van der Waals surface area contributed by atoms with Gasteiger partial charge < -0.3 is 10.6 Å². The van der Waals surface area contributed by atoms with Gasteiger partial charge in [0.05, 0.1) is 23.8 Å². The third kappa shape index (κ3) is 2.65. The average molecular weight is 272 g/mol. The van der Waals surface area contributed by atoms with Gasteiger partial charge >= 0.3 is 0 Å². The van der Waals surface area contributed by atoms with E-state index in [1.54, 1.807) is 4.68 Å². The molecule has 2 N–H and O–H groups in total. The van der Waals surface area contributed by atoms with E-state index >= 15 is 0 Å². The zero-order valence-corrected chi connectivity index (χ0v) is 11.7. The lowest BCUT2D eigenvalue weighted by atomic mass is 9.99. The molecule has 1 aliphatic heterocycles. The van der Waals surface area contributed by atoms with Crippen LogP contribution in [0, 0.1) is 5.92 Å². The zero-order chi connectivity index (χ0) is 13.9. The molecule has 6 nitrogen and oxygen atoms in total. The van der Waals surface area contributed by atoms with Gasteiger partial charge in [-0.25, -0.2) is 9.67 Å². The molecular weight excluding hydrogens is 252 g/mol. The highest BCUT2D eigenvalue weighted by Gasteiger charge is 2.16. The van der Waals surface area contributed by atoms with Crippen molar-refractivity contribution in [2.24, 2.45) is 11.7 Å². The normalized spacial score (nSPS) is 16.6. The molecule has 0 atom stereocenters. The Morgan fingerprint density at radius 1 is 1.30 bits per heavy atom. The summed E-state index contributed by atoms with van der Waals surface area (Å²) in [5.74, 6) is 1.87. The lowest BCUT2D eigenvalue weighted by Gasteiger charge is -2.31. The Kier molecular flexibility index (Phi) is 3.64. The van der Waals surface area contributed by atoms with Gasteiger partial charge in [0.2, 0.25) is 0 Å². The molecule has 0 bridgehead atoms. The molecule has 0 aliphatic carbocycles. The first-order valence-corrected chi connectivity index (χ1v) is 7.09. The molecule has 6 heteroatoms. The second-order valence-corrected chi connectivity index (χ2v) is 5.40. The Morgan fingerprint density at radius 3 is 2.70 bits per heavy atom. The number of pyridine rings is 1. The fraction of sp³-hybridized carbons (Fsp3) is 0.500. The van der Waals surface area contributed by atoms with Crippen LogP contribution in [0.1, 0.15) is 25.5 Å². The fourth-order valence-corrected chi connectivity index (χ4v) is 2.46. The summed E-state index contributed by atoms with van der Waals surface area (Å²) >= 11 is 0. The lowest BCUT2D eigenvalue weighted by Crippen LogP contribution is -2.33. The summed E-state index contributed by atoms with van der Waals surface area (Å²) < 4.78 is 1.71. The quantitative estimate of drug-likeness (QED) is 0.913. The van der Waals surface area contributed by atoms with Crippen molar-refractivity contribution in [1.29, 1.82) is 0 Å². The molecule has 3 rings (SSSR count). The minimum absolute atomic E-state index is 0.400. The number of piperidine rings is 1. The van der Waals surface area contributed by atoms with E-state index in [1.807, 2.05) is 18.5 Å². The molecule has 1 aliphatic rings. The lowest BCUT2D eigenvalue weighted by molar-refractivity contribution is 0.436. The van der Waals surface area contributed by atoms with Crippen molar-refractivity contribution >= 4 is 5.82 Å². The Labute approximate surface area is 118 Å². The van der Waals surface area contributed by atoms with E-state index in [0.717, 1.165) is 36.2 Å². The second kappa shape index (κ2) is 5.58. The van der Waals surface area contributed by atoms with Crippen LogP contribution >= 0.6 is 0 Å².